The van der Waals surface area contributed by atoms with Crippen molar-refractivity contribution in [2.75, 3.05) is 13.2 Å². The van der Waals surface area contributed by atoms with Crippen LogP contribution in [0.5, 0.6) is 5.75 Å². The Hall–Kier alpha value is -1.51. The van der Waals surface area contributed by atoms with Gasteiger partial charge in [0.2, 0.25) is 0 Å². The van der Waals surface area contributed by atoms with Crippen molar-refractivity contribution < 1.29 is 4.74 Å². The zero-order valence-electron chi connectivity index (χ0n) is 11.9. The van der Waals surface area contributed by atoms with Gasteiger partial charge in [0.15, 0.2) is 0 Å². The lowest BCUT2D eigenvalue weighted by molar-refractivity contribution is 0.268. The Kier molecular flexibility index (Phi) is 5.45. The van der Waals surface area contributed by atoms with Crippen molar-refractivity contribution in [1.82, 2.24) is 5.32 Å². The van der Waals surface area contributed by atoms with Gasteiger partial charge in [-0.3, -0.25) is 0 Å². The van der Waals surface area contributed by atoms with Crippen molar-refractivity contribution in [3.8, 4) is 5.75 Å². The fourth-order valence-corrected chi connectivity index (χ4v) is 2.32. The maximum absolute atomic E-state index is 5.96. The van der Waals surface area contributed by atoms with Gasteiger partial charge in [-0.25, -0.2) is 0 Å². The Morgan fingerprint density at radius 3 is 2.65 bits per heavy atom. The summed E-state index contributed by atoms with van der Waals surface area (Å²) in [6.07, 6.45) is 0. The average Bonchev–Trinajstić information content (AvgIpc) is 2.43. The first-order valence-corrected chi connectivity index (χ1v) is 7.25. The summed E-state index contributed by atoms with van der Waals surface area (Å²) in [5.74, 6) is 0.799. The molecule has 2 aromatic carbocycles. The van der Waals surface area contributed by atoms with Crippen LogP contribution in [0.4, 0.5) is 0 Å². The van der Waals surface area contributed by atoms with Gasteiger partial charge in [0, 0.05) is 5.02 Å². The molecular weight excluding hydrogens is 270 g/mol. The van der Waals surface area contributed by atoms with E-state index in [-0.39, 0.29) is 6.04 Å². The van der Waals surface area contributed by atoms with E-state index in [1.165, 1.54) is 11.1 Å². The number of rotatable bonds is 6. The van der Waals surface area contributed by atoms with Gasteiger partial charge >= 0.3 is 0 Å². The first kappa shape index (κ1) is 14.9. The Labute approximate surface area is 125 Å². The van der Waals surface area contributed by atoms with Gasteiger partial charge in [-0.15, -0.1) is 0 Å². The van der Waals surface area contributed by atoms with Crippen LogP contribution in [0.15, 0.2) is 48.5 Å². The highest BCUT2D eigenvalue weighted by molar-refractivity contribution is 6.30. The second kappa shape index (κ2) is 7.32. The smallest absolute Gasteiger partial charge is 0.120 e. The van der Waals surface area contributed by atoms with Crippen LogP contribution >= 0.6 is 11.6 Å². The molecule has 0 heterocycles. The van der Waals surface area contributed by atoms with E-state index in [0.717, 1.165) is 12.3 Å². The third-order valence-corrected chi connectivity index (χ3v) is 3.34. The molecule has 0 radical (unpaired) electrons. The molecule has 0 amide bonds. The average molecular weight is 290 g/mol. The lowest BCUT2D eigenvalue weighted by Gasteiger charge is -2.19. The quantitative estimate of drug-likeness (QED) is 0.852. The Bertz CT molecular complexity index is 556. The summed E-state index contributed by atoms with van der Waals surface area (Å²) >= 11 is 5.96. The zero-order valence-corrected chi connectivity index (χ0v) is 12.7. The van der Waals surface area contributed by atoms with Crippen LogP contribution in [0.1, 0.15) is 24.1 Å². The predicted octanol–water partition coefficient (Wildman–Crippen LogP) is 4.38. The highest BCUT2D eigenvalue weighted by atomic mass is 35.5. The molecule has 2 aromatic rings. The number of hydrogen-bond donors (Lipinski definition) is 1. The van der Waals surface area contributed by atoms with Crippen molar-refractivity contribution in [3.63, 3.8) is 0 Å². The van der Waals surface area contributed by atoms with E-state index < -0.39 is 0 Å². The van der Waals surface area contributed by atoms with E-state index in [1.54, 1.807) is 0 Å². The summed E-state index contributed by atoms with van der Waals surface area (Å²) in [7, 11) is 0. The van der Waals surface area contributed by atoms with Crippen molar-refractivity contribution >= 4 is 11.6 Å². The second-order valence-electron chi connectivity index (χ2n) is 4.79. The predicted molar refractivity (Wildman–Crippen MR) is 84.5 cm³/mol. The minimum atomic E-state index is 0.180. The molecule has 0 aliphatic rings. The number of benzene rings is 2. The second-order valence-corrected chi connectivity index (χ2v) is 5.23. The van der Waals surface area contributed by atoms with Crippen LogP contribution in [0.25, 0.3) is 0 Å². The molecule has 20 heavy (non-hydrogen) atoms. The Balaban J connectivity index is 2.06. The van der Waals surface area contributed by atoms with Gasteiger partial charge < -0.3 is 10.1 Å². The van der Waals surface area contributed by atoms with Gasteiger partial charge in [-0.05, 0) is 37.2 Å². The molecular formula is C17H20ClNO. The van der Waals surface area contributed by atoms with Crippen molar-refractivity contribution in [2.45, 2.75) is 19.9 Å². The van der Waals surface area contributed by atoms with Crippen LogP contribution in [-0.4, -0.2) is 13.2 Å². The number of ether oxygens (including phenoxy) is 1. The minimum absolute atomic E-state index is 0.180. The highest BCUT2D eigenvalue weighted by Gasteiger charge is 2.11. The molecule has 1 unspecified atom stereocenters. The molecule has 2 nitrogen and oxygen atoms in total. The van der Waals surface area contributed by atoms with Gasteiger partial charge in [0.05, 0.1) is 6.04 Å². The molecule has 0 aromatic heterocycles. The van der Waals surface area contributed by atoms with E-state index >= 15 is 0 Å². The topological polar surface area (TPSA) is 21.3 Å². The van der Waals surface area contributed by atoms with Gasteiger partial charge in [-0.2, -0.15) is 0 Å². The van der Waals surface area contributed by atoms with E-state index in [4.69, 9.17) is 16.3 Å². The lowest BCUT2D eigenvalue weighted by Crippen LogP contribution is -2.26. The summed E-state index contributed by atoms with van der Waals surface area (Å²) < 4.78 is 5.85. The lowest BCUT2D eigenvalue weighted by atomic mass is 10.1. The molecule has 0 saturated heterocycles. The minimum Gasteiger partial charge on any atom is -0.492 e. The molecule has 1 atom stereocenters. The molecule has 0 bridgehead atoms. The summed E-state index contributed by atoms with van der Waals surface area (Å²) in [5, 5.41) is 4.15. The number of halogens is 1. The fraction of sp³-hybridized carbons (Fsp3) is 0.294. The van der Waals surface area contributed by atoms with Crippen LogP contribution in [0, 0.1) is 6.92 Å². The van der Waals surface area contributed by atoms with Crippen molar-refractivity contribution in [3.05, 3.63) is 64.7 Å². The first-order valence-electron chi connectivity index (χ1n) is 6.87. The third kappa shape index (κ3) is 4.26. The summed E-state index contributed by atoms with van der Waals surface area (Å²) in [4.78, 5) is 0. The van der Waals surface area contributed by atoms with Gasteiger partial charge in [0.25, 0.3) is 0 Å². The number of likely N-dealkylation sites (N-methyl/N-ethyl adjacent to an activating group) is 1. The van der Waals surface area contributed by atoms with E-state index in [1.807, 2.05) is 24.3 Å². The van der Waals surface area contributed by atoms with Crippen molar-refractivity contribution in [1.29, 1.82) is 0 Å². The summed E-state index contributed by atoms with van der Waals surface area (Å²) in [6, 6.07) is 16.2. The molecule has 0 saturated carbocycles. The largest absolute Gasteiger partial charge is 0.492 e. The summed E-state index contributed by atoms with van der Waals surface area (Å²) in [5.41, 5.74) is 2.50. The van der Waals surface area contributed by atoms with E-state index in [9.17, 15) is 0 Å². The Morgan fingerprint density at radius 1 is 1.15 bits per heavy atom. The molecule has 2 rings (SSSR count). The fourth-order valence-electron chi connectivity index (χ4n) is 2.14. The molecule has 106 valence electrons. The molecule has 3 heteroatoms. The molecule has 0 aliphatic carbocycles. The summed E-state index contributed by atoms with van der Waals surface area (Å²) in [6.45, 7) is 5.68. The van der Waals surface area contributed by atoms with Crippen LogP contribution in [0.2, 0.25) is 5.02 Å². The van der Waals surface area contributed by atoms with E-state index in [2.05, 4.69) is 43.4 Å². The highest BCUT2D eigenvalue weighted by Crippen LogP contribution is 2.20. The van der Waals surface area contributed by atoms with Crippen molar-refractivity contribution in [2.24, 2.45) is 0 Å². The SMILES string of the molecule is CCNC(COc1cccc(Cl)c1)c1cccc(C)c1. The maximum Gasteiger partial charge on any atom is 0.120 e. The third-order valence-electron chi connectivity index (χ3n) is 3.11. The van der Waals surface area contributed by atoms with Crippen LogP contribution < -0.4 is 10.1 Å². The van der Waals surface area contributed by atoms with E-state index in [0.29, 0.717) is 11.6 Å². The molecule has 1 N–H and O–H groups in total. The number of hydrogen-bond acceptors (Lipinski definition) is 2. The maximum atomic E-state index is 5.96. The van der Waals surface area contributed by atoms with Crippen LogP contribution in [-0.2, 0) is 0 Å². The molecule has 0 aliphatic heterocycles. The Morgan fingerprint density at radius 2 is 1.95 bits per heavy atom. The molecule has 0 spiro atoms. The van der Waals surface area contributed by atoms with Crippen LogP contribution in [0.3, 0.4) is 0 Å². The monoisotopic (exact) mass is 289 g/mol. The normalized spacial score (nSPS) is 12.2. The zero-order chi connectivity index (χ0) is 14.4. The molecule has 0 fully saturated rings. The standard InChI is InChI=1S/C17H20ClNO/c1-3-19-17(14-7-4-6-13(2)10-14)12-20-16-9-5-8-15(18)11-16/h4-11,17,19H,3,12H2,1-2H3. The number of nitrogens with one attached hydrogen (secondary N) is 1. The van der Waals surface area contributed by atoms with Gasteiger partial charge in [0.1, 0.15) is 12.4 Å². The van der Waals surface area contributed by atoms with Gasteiger partial charge in [-0.1, -0.05) is 54.4 Å². The first-order chi connectivity index (χ1) is 9.69. The number of aryl methyl sites for hydroxylation is 1.